The van der Waals surface area contributed by atoms with Gasteiger partial charge in [0.2, 0.25) is 5.91 Å². The van der Waals surface area contributed by atoms with E-state index in [-0.39, 0.29) is 24.0 Å². The predicted octanol–water partition coefficient (Wildman–Crippen LogP) is 5.14. The second-order valence-electron chi connectivity index (χ2n) is 13.0. The van der Waals surface area contributed by atoms with Gasteiger partial charge in [-0.25, -0.2) is 17.5 Å². The molecule has 2 aromatic heterocycles. The Hall–Kier alpha value is -6.54. The van der Waals surface area contributed by atoms with Crippen LogP contribution in [0.2, 0.25) is 0 Å². The summed E-state index contributed by atoms with van der Waals surface area (Å²) in [5.41, 5.74) is 9.92. The van der Waals surface area contributed by atoms with Crippen molar-refractivity contribution in [3.8, 4) is 11.3 Å². The largest absolute Gasteiger partial charge is 0.478 e. The Morgan fingerprint density at radius 2 is 1.56 bits per heavy atom. The molecular weight excluding hydrogens is 711 g/mol. The number of rotatable bonds is 13. The first-order valence-corrected chi connectivity index (χ1v) is 18.3. The van der Waals surface area contributed by atoms with Gasteiger partial charge in [0.15, 0.2) is 5.76 Å². The van der Waals surface area contributed by atoms with E-state index in [4.69, 9.17) is 10.3 Å². The number of likely N-dealkylation sites (N-methyl/N-ethyl adjacent to an activating group) is 1. The Morgan fingerprint density at radius 3 is 2.20 bits per heavy atom. The second kappa shape index (κ2) is 15.2. The number of sulfonamides is 1. The number of aromatic carboxylic acids is 1. The number of H-pyrrole nitrogens is 1. The smallest absolute Gasteiger partial charge is 0.335 e. The van der Waals surface area contributed by atoms with Gasteiger partial charge in [-0.15, -0.1) is 0 Å². The fourth-order valence-corrected chi connectivity index (χ4v) is 8.15. The van der Waals surface area contributed by atoms with Gasteiger partial charge >= 0.3 is 5.97 Å². The van der Waals surface area contributed by atoms with Crippen molar-refractivity contribution in [2.45, 2.75) is 43.7 Å². The number of nitrogens with zero attached hydrogens (tertiary/aromatic N) is 3. The number of nitrogens with one attached hydrogen (secondary N) is 1. The van der Waals surface area contributed by atoms with E-state index in [0.29, 0.717) is 37.7 Å². The van der Waals surface area contributed by atoms with Crippen LogP contribution in [0, 0.1) is 13.8 Å². The number of benzene rings is 4. The van der Waals surface area contributed by atoms with Crippen LogP contribution >= 0.6 is 0 Å². The molecule has 6 aromatic rings. The van der Waals surface area contributed by atoms with Crippen LogP contribution in [0.4, 0.5) is 0 Å². The third kappa shape index (κ3) is 7.64. The molecule has 6 rings (SSSR count). The van der Waals surface area contributed by atoms with Gasteiger partial charge in [0.05, 0.1) is 16.7 Å². The van der Waals surface area contributed by atoms with Crippen LogP contribution in [0.5, 0.6) is 0 Å². The van der Waals surface area contributed by atoms with Gasteiger partial charge in [-0.05, 0) is 61.4 Å². The van der Waals surface area contributed by atoms with Crippen LogP contribution in [-0.2, 0) is 32.5 Å². The summed E-state index contributed by atoms with van der Waals surface area (Å²) in [6.45, 7) is 3.65. The Labute approximate surface area is 311 Å². The lowest BCUT2D eigenvalue weighted by atomic mass is 9.99. The molecule has 0 aliphatic carbocycles. The molecule has 0 fully saturated rings. The van der Waals surface area contributed by atoms with Crippen molar-refractivity contribution in [2.75, 3.05) is 7.05 Å². The van der Waals surface area contributed by atoms with Crippen molar-refractivity contribution in [3.05, 3.63) is 143 Å². The summed E-state index contributed by atoms with van der Waals surface area (Å²) in [6, 6.07) is 22.1. The summed E-state index contributed by atoms with van der Waals surface area (Å²) >= 11 is 0. The molecule has 2 heterocycles. The summed E-state index contributed by atoms with van der Waals surface area (Å²) in [6.07, 6.45) is 2.60. The number of fused-ring (bicyclic) bond motifs is 1. The quantitative estimate of drug-likeness (QED) is 0.143. The number of nitrogens with two attached hydrogens (primary N) is 1. The molecule has 0 bridgehead atoms. The molecule has 0 saturated heterocycles. The Bertz CT molecular complexity index is 2460. The highest BCUT2D eigenvalue weighted by Crippen LogP contribution is 2.28. The van der Waals surface area contributed by atoms with Gasteiger partial charge in [-0.3, -0.25) is 14.4 Å². The summed E-state index contributed by atoms with van der Waals surface area (Å²) in [5, 5.41) is 14.1. The fourth-order valence-electron chi connectivity index (χ4n) is 6.52. The van der Waals surface area contributed by atoms with Crippen molar-refractivity contribution in [1.29, 1.82) is 0 Å². The van der Waals surface area contributed by atoms with Gasteiger partial charge in [0, 0.05) is 54.2 Å². The van der Waals surface area contributed by atoms with Crippen LogP contribution in [0.3, 0.4) is 0 Å². The first-order valence-electron chi connectivity index (χ1n) is 16.9. The molecular formula is C40H37N5O8S. The Morgan fingerprint density at radius 1 is 0.852 bits per heavy atom. The molecule has 2 atom stereocenters. The van der Waals surface area contributed by atoms with Crippen molar-refractivity contribution < 1.29 is 37.2 Å². The van der Waals surface area contributed by atoms with E-state index in [2.05, 4.69) is 10.1 Å². The lowest BCUT2D eigenvalue weighted by Gasteiger charge is -2.35. The number of para-hydroxylation sites is 1. The number of aryl methyl sites for hydroxylation is 2. The van der Waals surface area contributed by atoms with Crippen molar-refractivity contribution in [2.24, 2.45) is 5.73 Å². The zero-order valence-electron chi connectivity index (χ0n) is 29.6. The average molecular weight is 748 g/mol. The number of carboxylic acids is 1. The van der Waals surface area contributed by atoms with Crippen LogP contribution < -0.4 is 5.73 Å². The second-order valence-corrected chi connectivity index (χ2v) is 14.9. The third-order valence-electron chi connectivity index (χ3n) is 9.20. The van der Waals surface area contributed by atoms with Crippen LogP contribution in [0.25, 0.3) is 22.2 Å². The SMILES string of the molecule is Cc1cc(C)cc(C(=O)N(C)[C@@H](Cc2ccc(-c3ccno3)cc2)C(=O)N([C@@H](Cc2c[nH]c3ccccc23)C(N)=O)S(=O)(=O)c2cccc(C(=O)O)c2)c1. The third-order valence-corrected chi connectivity index (χ3v) is 11.0. The minimum atomic E-state index is -5.02. The molecule has 276 valence electrons. The maximum atomic E-state index is 15.2. The zero-order valence-corrected chi connectivity index (χ0v) is 30.4. The van der Waals surface area contributed by atoms with E-state index in [1.54, 1.807) is 72.9 Å². The predicted molar refractivity (Wildman–Crippen MR) is 200 cm³/mol. The molecule has 54 heavy (non-hydrogen) atoms. The van der Waals surface area contributed by atoms with Gasteiger partial charge < -0.3 is 25.2 Å². The molecule has 3 amide bonds. The van der Waals surface area contributed by atoms with Gasteiger partial charge in [0.1, 0.15) is 12.1 Å². The van der Waals surface area contributed by atoms with Crippen molar-refractivity contribution in [3.63, 3.8) is 0 Å². The molecule has 0 radical (unpaired) electrons. The van der Waals surface area contributed by atoms with Crippen molar-refractivity contribution >= 4 is 44.6 Å². The van der Waals surface area contributed by atoms with Crippen LogP contribution in [0.1, 0.15) is 43.0 Å². The molecule has 14 heteroatoms. The minimum absolute atomic E-state index is 0.178. The molecule has 0 aliphatic heterocycles. The van der Waals surface area contributed by atoms with Gasteiger partial charge in [-0.2, -0.15) is 0 Å². The Kier molecular flexibility index (Phi) is 10.5. The zero-order chi connectivity index (χ0) is 38.7. The summed E-state index contributed by atoms with van der Waals surface area (Å²) in [4.78, 5) is 58.4. The number of aromatic amines is 1. The average Bonchev–Trinajstić information content (AvgIpc) is 3.84. The molecule has 13 nitrogen and oxygen atoms in total. The maximum Gasteiger partial charge on any atom is 0.335 e. The van der Waals surface area contributed by atoms with E-state index in [9.17, 15) is 27.9 Å². The Balaban J connectivity index is 1.50. The van der Waals surface area contributed by atoms with E-state index in [0.717, 1.165) is 28.2 Å². The van der Waals surface area contributed by atoms with E-state index >= 15 is 4.79 Å². The first-order chi connectivity index (χ1) is 25.7. The maximum absolute atomic E-state index is 15.2. The molecule has 0 saturated carbocycles. The number of aromatic nitrogens is 2. The highest BCUT2D eigenvalue weighted by molar-refractivity contribution is 7.89. The number of carbonyl (C=O) groups is 4. The normalized spacial score (nSPS) is 12.6. The topological polar surface area (TPSA) is 197 Å². The number of hydrogen-bond acceptors (Lipinski definition) is 8. The number of carbonyl (C=O) groups excluding carboxylic acids is 3. The number of amides is 3. The van der Waals surface area contributed by atoms with Crippen molar-refractivity contribution in [1.82, 2.24) is 19.3 Å². The van der Waals surface area contributed by atoms with E-state index in [1.807, 2.05) is 19.9 Å². The van der Waals surface area contributed by atoms with E-state index < -0.39 is 50.7 Å². The first kappa shape index (κ1) is 37.2. The minimum Gasteiger partial charge on any atom is -0.478 e. The molecule has 0 spiro atoms. The molecule has 0 unspecified atom stereocenters. The number of carboxylic acid groups (broad SMARTS) is 1. The highest BCUT2D eigenvalue weighted by atomic mass is 32.2. The highest BCUT2D eigenvalue weighted by Gasteiger charge is 2.44. The summed E-state index contributed by atoms with van der Waals surface area (Å²) < 4.78 is 35.2. The number of primary amides is 1. The standard InChI is InChI=1S/C40H37N5O8S/c1-24-17-25(2)19-29(18-24)38(47)44(3)35(20-26-11-13-27(14-12-26)36-15-16-43-53-36)39(48)45(54(51,52)31-8-6-7-28(21-31)40(49)50)34(37(41)46)22-30-23-42-33-10-5-4-9-32(30)33/h4-19,21,23,34-35,42H,20,22H2,1-3H3,(H2,41,46)(H,49,50)/t34-,35-/m0/s1. The monoisotopic (exact) mass is 747 g/mol. The molecule has 4 aromatic carbocycles. The van der Waals surface area contributed by atoms with E-state index in [1.165, 1.54) is 25.4 Å². The number of hydrogen-bond donors (Lipinski definition) is 3. The molecule has 0 aliphatic rings. The summed E-state index contributed by atoms with van der Waals surface area (Å²) in [5.74, 6) is -3.74. The lowest BCUT2D eigenvalue weighted by Crippen LogP contribution is -2.58. The summed E-state index contributed by atoms with van der Waals surface area (Å²) in [7, 11) is -3.63. The van der Waals surface area contributed by atoms with Crippen LogP contribution in [-0.4, -0.2) is 75.7 Å². The lowest BCUT2D eigenvalue weighted by molar-refractivity contribution is -0.137. The fraction of sp³-hybridized carbons (Fsp3) is 0.175. The van der Waals surface area contributed by atoms with Gasteiger partial charge in [0.25, 0.3) is 21.8 Å². The molecule has 4 N–H and O–H groups in total. The van der Waals surface area contributed by atoms with Gasteiger partial charge in [-0.1, -0.05) is 70.9 Å². The van der Waals surface area contributed by atoms with Crippen LogP contribution in [0.15, 0.2) is 119 Å².